The van der Waals surface area contributed by atoms with Gasteiger partial charge in [-0.25, -0.2) is 0 Å². The molecule has 0 amide bonds. The van der Waals surface area contributed by atoms with E-state index >= 15 is 0 Å². The van der Waals surface area contributed by atoms with Gasteiger partial charge in [-0.3, -0.25) is 4.90 Å². The van der Waals surface area contributed by atoms with E-state index in [9.17, 15) is 0 Å². The van der Waals surface area contributed by atoms with Crippen LogP contribution >= 0.6 is 0 Å². The number of nitrogens with zero attached hydrogens (tertiary/aromatic N) is 2. The second kappa shape index (κ2) is 8.43. The van der Waals surface area contributed by atoms with E-state index in [1.54, 1.807) is 7.11 Å². The fourth-order valence-corrected chi connectivity index (χ4v) is 3.10. The van der Waals surface area contributed by atoms with E-state index in [0.29, 0.717) is 0 Å². The van der Waals surface area contributed by atoms with Crippen LogP contribution in [0, 0.1) is 6.92 Å². The van der Waals surface area contributed by atoms with E-state index < -0.39 is 0 Å². The molecule has 3 rings (SSSR count). The molecule has 0 fully saturated rings. The lowest BCUT2D eigenvalue weighted by Crippen LogP contribution is -2.31. The van der Waals surface area contributed by atoms with E-state index in [-0.39, 0.29) is 6.79 Å². The molecule has 1 heterocycles. The zero-order valence-electron chi connectivity index (χ0n) is 16.1. The standard InChI is InChI=1S/C21H28N2O3/c1-16-7-5-6-8-17(16)13-23(10-9-22(2)3)14-18-11-20-21(26-15-25-20)12-19(18)24-4/h5-8,11-12H,9-10,13-15H2,1-4H3. The maximum atomic E-state index is 5.60. The van der Waals surface area contributed by atoms with Crippen LogP contribution in [0.4, 0.5) is 0 Å². The second-order valence-corrected chi connectivity index (χ2v) is 6.96. The summed E-state index contributed by atoms with van der Waals surface area (Å²) >= 11 is 0. The van der Waals surface area contributed by atoms with Crippen LogP contribution in [0.15, 0.2) is 36.4 Å². The van der Waals surface area contributed by atoms with Crippen LogP contribution in [-0.4, -0.2) is 50.9 Å². The summed E-state index contributed by atoms with van der Waals surface area (Å²) in [5, 5.41) is 0. The minimum atomic E-state index is 0.273. The van der Waals surface area contributed by atoms with Gasteiger partial charge in [-0.2, -0.15) is 0 Å². The first-order valence-electron chi connectivity index (χ1n) is 8.95. The quantitative estimate of drug-likeness (QED) is 0.725. The van der Waals surface area contributed by atoms with Gasteiger partial charge >= 0.3 is 0 Å². The Hall–Kier alpha value is -2.24. The van der Waals surface area contributed by atoms with Gasteiger partial charge in [0, 0.05) is 37.8 Å². The van der Waals surface area contributed by atoms with Crippen molar-refractivity contribution in [3.63, 3.8) is 0 Å². The van der Waals surface area contributed by atoms with Crippen LogP contribution in [0.1, 0.15) is 16.7 Å². The van der Waals surface area contributed by atoms with Crippen molar-refractivity contribution in [3.05, 3.63) is 53.1 Å². The third-order valence-corrected chi connectivity index (χ3v) is 4.69. The molecule has 0 atom stereocenters. The largest absolute Gasteiger partial charge is 0.496 e. The molecule has 0 spiro atoms. The number of ether oxygens (including phenoxy) is 3. The molecule has 0 aromatic heterocycles. The van der Waals surface area contributed by atoms with Crippen molar-refractivity contribution in [1.29, 1.82) is 0 Å². The molecule has 5 heteroatoms. The van der Waals surface area contributed by atoms with Gasteiger partial charge in [-0.15, -0.1) is 0 Å². The number of aryl methyl sites for hydroxylation is 1. The van der Waals surface area contributed by atoms with Gasteiger partial charge < -0.3 is 19.1 Å². The fourth-order valence-electron chi connectivity index (χ4n) is 3.10. The minimum absolute atomic E-state index is 0.273. The smallest absolute Gasteiger partial charge is 0.231 e. The molecule has 1 aliphatic rings. The highest BCUT2D eigenvalue weighted by molar-refractivity contribution is 5.51. The van der Waals surface area contributed by atoms with Crippen LogP contribution in [0.25, 0.3) is 0 Å². The first-order valence-corrected chi connectivity index (χ1v) is 8.95. The van der Waals surface area contributed by atoms with Crippen molar-refractivity contribution in [2.75, 3.05) is 41.1 Å². The van der Waals surface area contributed by atoms with Crippen molar-refractivity contribution >= 4 is 0 Å². The van der Waals surface area contributed by atoms with Gasteiger partial charge in [-0.05, 0) is 38.2 Å². The van der Waals surface area contributed by atoms with Crippen molar-refractivity contribution in [1.82, 2.24) is 9.80 Å². The fraction of sp³-hybridized carbons (Fsp3) is 0.429. The van der Waals surface area contributed by atoms with Crippen LogP contribution < -0.4 is 14.2 Å². The summed E-state index contributed by atoms with van der Waals surface area (Å²) in [6.45, 7) is 6.11. The van der Waals surface area contributed by atoms with Crippen LogP contribution in [0.2, 0.25) is 0 Å². The molecular weight excluding hydrogens is 328 g/mol. The molecule has 2 aromatic carbocycles. The predicted octanol–water partition coefficient (Wildman–Crippen LogP) is 3.30. The molecule has 0 N–H and O–H groups in total. The molecule has 0 unspecified atom stereocenters. The zero-order valence-corrected chi connectivity index (χ0v) is 16.1. The van der Waals surface area contributed by atoms with Gasteiger partial charge in [0.15, 0.2) is 11.5 Å². The lowest BCUT2D eigenvalue weighted by Gasteiger charge is -2.26. The van der Waals surface area contributed by atoms with Crippen molar-refractivity contribution in [3.8, 4) is 17.2 Å². The third-order valence-electron chi connectivity index (χ3n) is 4.69. The number of hydrogen-bond acceptors (Lipinski definition) is 5. The molecule has 0 radical (unpaired) electrons. The van der Waals surface area contributed by atoms with E-state index in [1.807, 2.05) is 12.1 Å². The number of benzene rings is 2. The summed E-state index contributed by atoms with van der Waals surface area (Å²) in [5.74, 6) is 2.39. The Kier molecular flexibility index (Phi) is 6.01. The predicted molar refractivity (Wildman–Crippen MR) is 103 cm³/mol. The normalized spacial score (nSPS) is 12.8. The molecule has 0 bridgehead atoms. The van der Waals surface area contributed by atoms with Gasteiger partial charge in [0.1, 0.15) is 5.75 Å². The highest BCUT2D eigenvalue weighted by atomic mass is 16.7. The number of fused-ring (bicyclic) bond motifs is 1. The first-order chi connectivity index (χ1) is 12.6. The highest BCUT2D eigenvalue weighted by Gasteiger charge is 2.19. The molecule has 2 aromatic rings. The molecular formula is C21H28N2O3. The summed E-state index contributed by atoms with van der Waals surface area (Å²) in [5.41, 5.74) is 3.79. The van der Waals surface area contributed by atoms with E-state index in [0.717, 1.165) is 49.0 Å². The molecule has 1 aliphatic heterocycles. The maximum absolute atomic E-state index is 5.60. The Balaban J connectivity index is 1.82. The summed E-state index contributed by atoms with van der Waals surface area (Å²) in [6, 6.07) is 12.5. The lowest BCUT2D eigenvalue weighted by atomic mass is 10.1. The average Bonchev–Trinajstić information content (AvgIpc) is 3.08. The summed E-state index contributed by atoms with van der Waals surface area (Å²) < 4.78 is 16.6. The topological polar surface area (TPSA) is 34.2 Å². The summed E-state index contributed by atoms with van der Waals surface area (Å²) in [6.07, 6.45) is 0. The Labute approximate surface area is 156 Å². The van der Waals surface area contributed by atoms with Gasteiger partial charge in [0.05, 0.1) is 7.11 Å². The summed E-state index contributed by atoms with van der Waals surface area (Å²) in [4.78, 5) is 4.66. The van der Waals surface area contributed by atoms with Gasteiger partial charge in [0.2, 0.25) is 6.79 Å². The summed E-state index contributed by atoms with van der Waals surface area (Å²) in [7, 11) is 5.91. The third kappa shape index (κ3) is 4.48. The first kappa shape index (κ1) is 18.5. The van der Waals surface area contributed by atoms with Crippen LogP contribution in [0.3, 0.4) is 0 Å². The van der Waals surface area contributed by atoms with Crippen LogP contribution in [0.5, 0.6) is 17.2 Å². The van der Waals surface area contributed by atoms with E-state index in [4.69, 9.17) is 14.2 Å². The molecule has 26 heavy (non-hydrogen) atoms. The number of hydrogen-bond donors (Lipinski definition) is 0. The number of likely N-dealkylation sites (N-methyl/N-ethyl adjacent to an activating group) is 1. The average molecular weight is 356 g/mol. The van der Waals surface area contributed by atoms with Crippen molar-refractivity contribution in [2.24, 2.45) is 0 Å². The molecule has 140 valence electrons. The Morgan fingerprint density at radius 1 is 0.962 bits per heavy atom. The zero-order chi connectivity index (χ0) is 18.5. The minimum Gasteiger partial charge on any atom is -0.496 e. The van der Waals surface area contributed by atoms with Crippen molar-refractivity contribution < 1.29 is 14.2 Å². The highest BCUT2D eigenvalue weighted by Crippen LogP contribution is 2.38. The molecule has 0 saturated heterocycles. The Morgan fingerprint density at radius 2 is 1.65 bits per heavy atom. The second-order valence-electron chi connectivity index (χ2n) is 6.96. The van der Waals surface area contributed by atoms with E-state index in [1.165, 1.54) is 11.1 Å². The van der Waals surface area contributed by atoms with Gasteiger partial charge in [-0.1, -0.05) is 24.3 Å². The molecule has 5 nitrogen and oxygen atoms in total. The van der Waals surface area contributed by atoms with E-state index in [2.05, 4.69) is 55.1 Å². The SMILES string of the molecule is COc1cc2c(cc1CN(CCN(C)C)Cc1ccccc1C)OCO2. The lowest BCUT2D eigenvalue weighted by molar-refractivity contribution is 0.173. The van der Waals surface area contributed by atoms with Gasteiger partial charge in [0.25, 0.3) is 0 Å². The molecule has 0 aliphatic carbocycles. The Bertz CT molecular complexity index is 746. The number of rotatable bonds is 8. The monoisotopic (exact) mass is 356 g/mol. The Morgan fingerprint density at radius 3 is 2.35 bits per heavy atom. The van der Waals surface area contributed by atoms with Crippen LogP contribution in [-0.2, 0) is 13.1 Å². The number of methoxy groups -OCH3 is 1. The maximum Gasteiger partial charge on any atom is 0.231 e. The van der Waals surface area contributed by atoms with Crippen molar-refractivity contribution in [2.45, 2.75) is 20.0 Å². The molecule has 0 saturated carbocycles.